The second kappa shape index (κ2) is 10.2. The number of rotatable bonds is 2. The molecule has 0 N–H and O–H groups in total. The van der Waals surface area contributed by atoms with Gasteiger partial charge in [-0.2, -0.15) is 5.56 Å². The molecule has 0 bridgehead atoms. The summed E-state index contributed by atoms with van der Waals surface area (Å²) in [5, 5.41) is 1.64. The fourth-order valence-electron chi connectivity index (χ4n) is 4.15. The van der Waals surface area contributed by atoms with Gasteiger partial charge >= 0.3 is 21.7 Å². The van der Waals surface area contributed by atoms with Crippen molar-refractivity contribution in [3.63, 3.8) is 0 Å². The molecule has 0 amide bonds. The first-order valence-electron chi connectivity index (χ1n) is 7.64. The van der Waals surface area contributed by atoms with Crippen molar-refractivity contribution < 1.29 is 58.9 Å². The molecule has 1 fully saturated rings. The van der Waals surface area contributed by atoms with E-state index in [1.54, 1.807) is 5.19 Å². The van der Waals surface area contributed by atoms with Crippen molar-refractivity contribution in [3.05, 3.63) is 71.8 Å². The third-order valence-corrected chi connectivity index (χ3v) is 10.7. The molecule has 0 radical (unpaired) electrons. The minimum atomic E-state index is -1.47. The average Bonchev–Trinajstić information content (AvgIpc) is 3.15. The summed E-state index contributed by atoms with van der Waals surface area (Å²) in [6.07, 6.45) is 8.78. The van der Waals surface area contributed by atoms with Gasteiger partial charge in [0.15, 0.2) is 0 Å². The van der Waals surface area contributed by atoms with Crippen LogP contribution >= 0.6 is 0 Å². The number of benzene rings is 2. The molecule has 1 heterocycles. The van der Waals surface area contributed by atoms with Crippen LogP contribution in [0.15, 0.2) is 54.6 Å². The summed E-state index contributed by atoms with van der Waals surface area (Å²) in [5.74, 6) is 0. The fourth-order valence-corrected chi connectivity index (χ4v) is 9.76. The Morgan fingerprint density at radius 2 is 1.38 bits per heavy atom. The molecular formula is C19H19Cl3SiTi. The predicted molar refractivity (Wildman–Crippen MR) is 87.6 cm³/mol. The quantitative estimate of drug-likeness (QED) is 0.333. The van der Waals surface area contributed by atoms with Crippen molar-refractivity contribution in [2.75, 3.05) is 0 Å². The zero-order valence-corrected chi connectivity index (χ0v) is 18.1. The SMILES string of the molecule is [C-]1=Cc2ccccc2C1[Si]1(c2ccccc2)CCCC1.[Cl-].[Cl-].[Cl-].[Ti+4]. The largest absolute Gasteiger partial charge is 4.00 e. The Hall–Kier alpha value is -0.0188. The van der Waals surface area contributed by atoms with E-state index < -0.39 is 8.07 Å². The molecule has 1 aliphatic heterocycles. The zero-order chi connectivity index (χ0) is 13.4. The van der Waals surface area contributed by atoms with Crippen LogP contribution < -0.4 is 42.4 Å². The van der Waals surface area contributed by atoms with Gasteiger partial charge < -0.3 is 37.2 Å². The van der Waals surface area contributed by atoms with Crippen LogP contribution in [0.2, 0.25) is 12.1 Å². The molecule has 1 unspecified atom stereocenters. The van der Waals surface area contributed by atoms with Crippen molar-refractivity contribution in [1.29, 1.82) is 0 Å². The van der Waals surface area contributed by atoms with Gasteiger partial charge in [0.05, 0.1) is 8.07 Å². The van der Waals surface area contributed by atoms with E-state index in [1.807, 2.05) is 0 Å². The van der Waals surface area contributed by atoms with Gasteiger partial charge in [-0.05, 0) is 0 Å². The molecule has 4 rings (SSSR count). The van der Waals surface area contributed by atoms with E-state index in [4.69, 9.17) is 0 Å². The van der Waals surface area contributed by atoms with Crippen LogP contribution in [0.5, 0.6) is 0 Å². The van der Waals surface area contributed by atoms with Crippen LogP contribution in [-0.2, 0) is 21.7 Å². The fraction of sp³-hybridized carbons (Fsp3) is 0.263. The van der Waals surface area contributed by atoms with Crippen molar-refractivity contribution in [1.82, 2.24) is 0 Å². The molecule has 0 nitrogen and oxygen atoms in total. The van der Waals surface area contributed by atoms with Crippen molar-refractivity contribution in [2.24, 2.45) is 0 Å². The van der Waals surface area contributed by atoms with Crippen LogP contribution in [0.25, 0.3) is 6.08 Å². The Balaban J connectivity index is 0.00000132. The van der Waals surface area contributed by atoms with Gasteiger partial charge in [-0.1, -0.05) is 84.2 Å². The Morgan fingerprint density at radius 3 is 2.04 bits per heavy atom. The van der Waals surface area contributed by atoms with E-state index >= 15 is 0 Å². The first-order chi connectivity index (χ1) is 9.90. The molecule has 2 aromatic rings. The van der Waals surface area contributed by atoms with Crippen LogP contribution in [0.1, 0.15) is 29.5 Å². The van der Waals surface area contributed by atoms with Crippen LogP contribution in [-0.4, -0.2) is 8.07 Å². The minimum absolute atomic E-state index is 0. The molecule has 2 aliphatic rings. The van der Waals surface area contributed by atoms with Gasteiger partial charge in [0.25, 0.3) is 0 Å². The summed E-state index contributed by atoms with van der Waals surface area (Å²) in [5.41, 5.74) is 3.50. The summed E-state index contributed by atoms with van der Waals surface area (Å²) >= 11 is 0. The monoisotopic (exact) mass is 428 g/mol. The van der Waals surface area contributed by atoms with Gasteiger partial charge in [0.1, 0.15) is 0 Å². The summed E-state index contributed by atoms with van der Waals surface area (Å²) < 4.78 is 0. The second-order valence-corrected chi connectivity index (χ2v) is 10.6. The maximum absolute atomic E-state index is 3.74. The first kappa shape index (κ1) is 24.0. The smallest absolute Gasteiger partial charge is 1.00 e. The topological polar surface area (TPSA) is 0 Å². The van der Waals surface area contributed by atoms with E-state index in [0.29, 0.717) is 5.54 Å². The van der Waals surface area contributed by atoms with Gasteiger partial charge in [-0.3, -0.25) is 6.08 Å². The van der Waals surface area contributed by atoms with Crippen molar-refractivity contribution in [2.45, 2.75) is 30.5 Å². The van der Waals surface area contributed by atoms with E-state index in [9.17, 15) is 0 Å². The third-order valence-electron chi connectivity index (χ3n) is 5.11. The number of halogens is 3. The molecule has 0 spiro atoms. The summed E-state index contributed by atoms with van der Waals surface area (Å²) in [7, 11) is -1.47. The molecule has 24 heavy (non-hydrogen) atoms. The minimum Gasteiger partial charge on any atom is -1.00 e. The summed E-state index contributed by atoms with van der Waals surface area (Å²) in [6.45, 7) is 0. The molecule has 0 aromatic heterocycles. The molecule has 1 atom stereocenters. The van der Waals surface area contributed by atoms with E-state index in [-0.39, 0.29) is 58.9 Å². The second-order valence-electron chi connectivity index (χ2n) is 6.10. The normalized spacial score (nSPS) is 19.1. The van der Waals surface area contributed by atoms with Gasteiger partial charge in [-0.25, -0.2) is 6.08 Å². The molecular weight excluding hydrogens is 411 g/mol. The number of hydrogen-bond acceptors (Lipinski definition) is 0. The predicted octanol–water partition coefficient (Wildman–Crippen LogP) is -4.70. The van der Waals surface area contributed by atoms with Gasteiger partial charge in [0, 0.05) is 0 Å². The summed E-state index contributed by atoms with van der Waals surface area (Å²) in [4.78, 5) is 0. The maximum atomic E-state index is 3.74. The van der Waals surface area contributed by atoms with E-state index in [0.717, 1.165) is 0 Å². The first-order valence-corrected chi connectivity index (χ1v) is 10.1. The van der Waals surface area contributed by atoms with Crippen LogP contribution in [0.4, 0.5) is 0 Å². The summed E-state index contributed by atoms with van der Waals surface area (Å²) in [6, 6.07) is 23.1. The molecule has 124 valence electrons. The van der Waals surface area contributed by atoms with E-state index in [1.165, 1.54) is 36.1 Å². The molecule has 0 saturated carbocycles. The average molecular weight is 430 g/mol. The van der Waals surface area contributed by atoms with Gasteiger partial charge in [0.2, 0.25) is 0 Å². The number of hydrogen-bond donors (Lipinski definition) is 0. The number of fused-ring (bicyclic) bond motifs is 1. The standard InChI is InChI=1S/C19H19Si.3ClH.Ti/c1-2-9-17(10-3-1)20(14-6-7-15-20)19-13-12-16-8-4-5-11-18(16)19;;;;/h1-5,8-12,19H,6-7,14-15H2;3*1H;/q-1;;;;+4/p-3. The van der Waals surface area contributed by atoms with E-state index in [2.05, 4.69) is 66.7 Å². The Kier molecular flexibility index (Phi) is 10.2. The van der Waals surface area contributed by atoms with Crippen molar-refractivity contribution in [3.8, 4) is 0 Å². The van der Waals surface area contributed by atoms with Crippen LogP contribution in [0, 0.1) is 6.08 Å². The Labute approximate surface area is 179 Å². The van der Waals surface area contributed by atoms with Crippen molar-refractivity contribution >= 4 is 19.3 Å². The molecule has 1 saturated heterocycles. The maximum Gasteiger partial charge on any atom is 4.00 e. The van der Waals surface area contributed by atoms with Gasteiger partial charge in [-0.15, -0.1) is 11.6 Å². The number of allylic oxidation sites excluding steroid dienone is 1. The Bertz CT molecular complexity index is 655. The zero-order valence-electron chi connectivity index (χ0n) is 13.3. The Morgan fingerprint density at radius 1 is 0.792 bits per heavy atom. The van der Waals surface area contributed by atoms with Crippen LogP contribution in [0.3, 0.4) is 0 Å². The third kappa shape index (κ3) is 4.03. The molecule has 1 aliphatic carbocycles. The molecule has 2 aromatic carbocycles. The molecule has 5 heteroatoms.